The molecule has 0 aliphatic carbocycles. The molecule has 0 amide bonds. The number of rotatable bonds is 4. The van der Waals surface area contributed by atoms with E-state index in [2.05, 4.69) is 0 Å². The average molecular weight is 469 g/mol. The highest BCUT2D eigenvalue weighted by Gasteiger charge is 2.25. The molecule has 120 valence electrons. The molecule has 0 spiro atoms. The summed E-state index contributed by atoms with van der Waals surface area (Å²) < 4.78 is 25.3. The van der Waals surface area contributed by atoms with Crippen LogP contribution in [0.25, 0.3) is 0 Å². The minimum absolute atomic E-state index is 0.206. The number of halogens is 2. The van der Waals surface area contributed by atoms with Crippen LogP contribution >= 0.6 is 34.2 Å². The predicted molar refractivity (Wildman–Crippen MR) is 89.4 cm³/mol. The van der Waals surface area contributed by atoms with Gasteiger partial charge in [-0.1, -0.05) is 11.6 Å². The van der Waals surface area contributed by atoms with Gasteiger partial charge in [0, 0.05) is 12.1 Å². The van der Waals surface area contributed by atoms with E-state index < -0.39 is 25.4 Å². The predicted octanol–water partition coefficient (Wildman–Crippen LogP) is 3.59. The molecule has 8 nitrogen and oxygen atoms in total. The number of benzene rings is 2. The van der Waals surface area contributed by atoms with Crippen molar-refractivity contribution in [2.45, 2.75) is 9.79 Å². The third-order valence-corrected chi connectivity index (χ3v) is 5.83. The molecule has 0 saturated heterocycles. The van der Waals surface area contributed by atoms with Crippen molar-refractivity contribution in [2.24, 2.45) is 0 Å². The fourth-order valence-electron chi connectivity index (χ4n) is 1.74. The minimum atomic E-state index is -4.16. The minimum Gasteiger partial charge on any atom is -0.258 e. The highest BCUT2D eigenvalue weighted by atomic mass is 127. The lowest BCUT2D eigenvalue weighted by Gasteiger charge is -2.06. The van der Waals surface area contributed by atoms with Crippen molar-refractivity contribution in [3.8, 4) is 0 Å². The van der Waals surface area contributed by atoms with Gasteiger partial charge in [-0.3, -0.25) is 20.2 Å². The first-order valence-corrected chi connectivity index (χ1v) is 8.71. The summed E-state index contributed by atoms with van der Waals surface area (Å²) in [7, 11) is -4.16. The molecule has 23 heavy (non-hydrogen) atoms. The smallest absolute Gasteiger partial charge is 0.258 e. The van der Waals surface area contributed by atoms with E-state index >= 15 is 0 Å². The van der Waals surface area contributed by atoms with Gasteiger partial charge in [0.1, 0.15) is 5.02 Å². The van der Waals surface area contributed by atoms with Crippen molar-refractivity contribution in [1.82, 2.24) is 0 Å². The maximum atomic E-state index is 12.5. The molecule has 11 heteroatoms. The number of hydrogen-bond acceptors (Lipinski definition) is 6. The highest BCUT2D eigenvalue weighted by Crippen LogP contribution is 2.32. The van der Waals surface area contributed by atoms with Crippen LogP contribution in [0.5, 0.6) is 0 Å². The Morgan fingerprint density at radius 1 is 0.913 bits per heavy atom. The molecule has 0 aliphatic heterocycles. The first-order valence-electron chi connectivity index (χ1n) is 5.77. The van der Waals surface area contributed by atoms with E-state index in [1.165, 1.54) is 12.1 Å². The zero-order chi connectivity index (χ0) is 17.4. The Labute approximate surface area is 148 Å². The summed E-state index contributed by atoms with van der Waals surface area (Å²) in [5.41, 5.74) is -0.928. The van der Waals surface area contributed by atoms with Gasteiger partial charge < -0.3 is 0 Å². The van der Waals surface area contributed by atoms with Gasteiger partial charge in [-0.15, -0.1) is 0 Å². The largest absolute Gasteiger partial charge is 0.289 e. The van der Waals surface area contributed by atoms with Gasteiger partial charge in [0.15, 0.2) is 0 Å². The van der Waals surface area contributed by atoms with E-state index in [0.717, 1.165) is 24.3 Å². The van der Waals surface area contributed by atoms with Crippen LogP contribution in [0.15, 0.2) is 46.2 Å². The Hall–Kier alpha value is -1.79. The average Bonchev–Trinajstić information content (AvgIpc) is 2.47. The molecule has 0 bridgehead atoms. The Kier molecular flexibility index (Phi) is 4.87. The third-order valence-electron chi connectivity index (χ3n) is 2.85. The molecule has 0 heterocycles. The maximum absolute atomic E-state index is 12.5. The summed E-state index contributed by atoms with van der Waals surface area (Å²) in [5.74, 6) is 0. The zero-order valence-electron chi connectivity index (χ0n) is 11.0. The van der Waals surface area contributed by atoms with E-state index in [4.69, 9.17) is 11.6 Å². The van der Waals surface area contributed by atoms with Gasteiger partial charge in [0.25, 0.3) is 11.4 Å². The van der Waals surface area contributed by atoms with Crippen molar-refractivity contribution in [3.05, 3.63) is 65.2 Å². The topological polar surface area (TPSA) is 120 Å². The molecule has 0 atom stereocenters. The first-order chi connectivity index (χ1) is 10.6. The lowest BCUT2D eigenvalue weighted by molar-refractivity contribution is -0.386. The number of hydrogen-bond donors (Lipinski definition) is 0. The number of sulfone groups is 1. The molecule has 2 aromatic rings. The molecule has 0 aromatic heterocycles. The lowest BCUT2D eigenvalue weighted by Crippen LogP contribution is -2.04. The third kappa shape index (κ3) is 3.43. The molecule has 0 unspecified atom stereocenters. The summed E-state index contributed by atoms with van der Waals surface area (Å²) in [6.45, 7) is 0. The van der Waals surface area contributed by atoms with E-state index in [1.807, 2.05) is 0 Å². The monoisotopic (exact) mass is 468 g/mol. The Morgan fingerprint density at radius 3 is 1.91 bits per heavy atom. The van der Waals surface area contributed by atoms with Gasteiger partial charge in [-0.05, 0) is 46.9 Å². The summed E-state index contributed by atoms with van der Waals surface area (Å²) >= 11 is 7.36. The molecule has 0 N–H and O–H groups in total. The Balaban J connectivity index is 2.64. The summed E-state index contributed by atoms with van der Waals surface area (Å²) in [5, 5.41) is 21.6. The van der Waals surface area contributed by atoms with Crippen LogP contribution in [0.4, 0.5) is 11.4 Å². The van der Waals surface area contributed by atoms with Gasteiger partial charge in [-0.25, -0.2) is 8.42 Å². The van der Waals surface area contributed by atoms with Gasteiger partial charge in [-0.2, -0.15) is 0 Å². The molecule has 0 saturated carbocycles. The van der Waals surface area contributed by atoms with Crippen molar-refractivity contribution >= 4 is 55.4 Å². The number of nitrogens with zero attached hydrogens (tertiary/aromatic N) is 2. The van der Waals surface area contributed by atoms with Gasteiger partial charge in [0.05, 0.1) is 23.2 Å². The molecule has 2 rings (SSSR count). The van der Waals surface area contributed by atoms with Crippen molar-refractivity contribution in [1.29, 1.82) is 0 Å². The van der Waals surface area contributed by atoms with Crippen molar-refractivity contribution in [2.75, 3.05) is 0 Å². The quantitative estimate of drug-likeness (QED) is 0.384. The number of nitro groups is 2. The van der Waals surface area contributed by atoms with Gasteiger partial charge in [0.2, 0.25) is 9.84 Å². The molecule has 0 fully saturated rings. The normalized spacial score (nSPS) is 11.2. The van der Waals surface area contributed by atoms with Crippen LogP contribution in [-0.4, -0.2) is 18.3 Å². The highest BCUT2D eigenvalue weighted by molar-refractivity contribution is 14.1. The van der Waals surface area contributed by atoms with E-state index in [1.54, 1.807) is 22.6 Å². The summed E-state index contributed by atoms with van der Waals surface area (Å²) in [4.78, 5) is 19.6. The fraction of sp³-hybridized carbons (Fsp3) is 0. The molecular formula is C12H6ClIN2O6S. The first kappa shape index (κ1) is 17.6. The van der Waals surface area contributed by atoms with Crippen LogP contribution in [0.3, 0.4) is 0 Å². The molecular weight excluding hydrogens is 463 g/mol. The van der Waals surface area contributed by atoms with Crippen LogP contribution in [0.1, 0.15) is 0 Å². The van der Waals surface area contributed by atoms with Gasteiger partial charge >= 0.3 is 0 Å². The summed E-state index contributed by atoms with van der Waals surface area (Å²) in [6, 6.07) is 6.42. The second-order valence-corrected chi connectivity index (χ2v) is 7.76. The zero-order valence-corrected chi connectivity index (χ0v) is 14.7. The van der Waals surface area contributed by atoms with Crippen LogP contribution in [-0.2, 0) is 9.84 Å². The molecule has 0 aliphatic rings. The standard InChI is InChI=1S/C12H6ClIN2O6S/c13-9-3-1-7(5-11(9)15(17)18)23(21,22)8-2-4-10(14)12(6-8)16(19)20/h1-6H. The Bertz CT molecular complexity index is 862. The van der Waals surface area contributed by atoms with E-state index in [-0.39, 0.29) is 24.1 Å². The van der Waals surface area contributed by atoms with Crippen LogP contribution < -0.4 is 0 Å². The van der Waals surface area contributed by atoms with Crippen LogP contribution in [0.2, 0.25) is 5.02 Å². The van der Waals surface area contributed by atoms with Crippen molar-refractivity contribution in [3.63, 3.8) is 0 Å². The second-order valence-electron chi connectivity index (χ2n) is 4.24. The second kappa shape index (κ2) is 6.37. The van der Waals surface area contributed by atoms with Crippen LogP contribution in [0, 0.1) is 23.8 Å². The lowest BCUT2D eigenvalue weighted by atomic mass is 10.3. The number of nitro benzene ring substituents is 2. The SMILES string of the molecule is O=[N+]([O-])c1cc(S(=O)(=O)c2ccc(I)c([N+](=O)[O-])c2)ccc1Cl. The Morgan fingerprint density at radius 2 is 1.39 bits per heavy atom. The van der Waals surface area contributed by atoms with E-state index in [9.17, 15) is 28.6 Å². The summed E-state index contributed by atoms with van der Waals surface area (Å²) in [6.07, 6.45) is 0. The fourth-order valence-corrected chi connectivity index (χ4v) is 3.75. The maximum Gasteiger partial charge on any atom is 0.289 e. The van der Waals surface area contributed by atoms with Crippen molar-refractivity contribution < 1.29 is 18.3 Å². The van der Waals surface area contributed by atoms with E-state index in [0.29, 0.717) is 0 Å². The molecule has 0 radical (unpaired) electrons. The molecule has 2 aromatic carbocycles.